The molecule has 0 aliphatic heterocycles. The topological polar surface area (TPSA) is 100 Å². The number of rotatable bonds is 6. The summed E-state index contributed by atoms with van der Waals surface area (Å²) in [5.41, 5.74) is 0.387. The molecule has 7 nitrogen and oxygen atoms in total. The van der Waals surface area contributed by atoms with Crippen LogP contribution in [0, 0.1) is 38.9 Å². The van der Waals surface area contributed by atoms with Gasteiger partial charge in [-0.2, -0.15) is 0 Å². The molecule has 0 aliphatic carbocycles. The standard InChI is InChI=1S/C22H24FN3O4/c1-7-22(5,11-27)25-21(30)19(28)17-13(3)18(26(6)14(17)4)20(29)24-15-8-9-16(23)12(2)10-15/h1,8-10,27H,11H2,2-6H3,(H,24,29)(H,25,30). The number of aliphatic hydroxyl groups is 1. The zero-order chi connectivity index (χ0) is 22.8. The van der Waals surface area contributed by atoms with E-state index in [-0.39, 0.29) is 17.1 Å². The molecule has 0 aliphatic rings. The molecule has 1 aromatic carbocycles. The Bertz CT molecular complexity index is 1080. The molecule has 0 radical (unpaired) electrons. The van der Waals surface area contributed by atoms with E-state index < -0.39 is 29.7 Å². The maximum absolute atomic E-state index is 13.5. The second-order valence-electron chi connectivity index (χ2n) is 7.33. The average Bonchev–Trinajstić information content (AvgIpc) is 2.92. The second-order valence-corrected chi connectivity index (χ2v) is 7.33. The molecule has 30 heavy (non-hydrogen) atoms. The lowest BCUT2D eigenvalue weighted by molar-refractivity contribution is -0.118. The smallest absolute Gasteiger partial charge is 0.293 e. The summed E-state index contributed by atoms with van der Waals surface area (Å²) in [7, 11) is 1.60. The van der Waals surface area contributed by atoms with Crippen molar-refractivity contribution in [3.05, 3.63) is 52.1 Å². The monoisotopic (exact) mass is 413 g/mol. The number of carbonyl (C=O) groups is 3. The van der Waals surface area contributed by atoms with Crippen molar-refractivity contribution in [3.63, 3.8) is 0 Å². The van der Waals surface area contributed by atoms with Gasteiger partial charge in [-0.05, 0) is 57.0 Å². The van der Waals surface area contributed by atoms with Gasteiger partial charge < -0.3 is 20.3 Å². The van der Waals surface area contributed by atoms with Crippen LogP contribution >= 0.6 is 0 Å². The second kappa shape index (κ2) is 8.51. The highest BCUT2D eigenvalue weighted by atomic mass is 19.1. The molecule has 2 rings (SSSR count). The summed E-state index contributed by atoms with van der Waals surface area (Å²) in [6.45, 7) is 5.62. The van der Waals surface area contributed by atoms with E-state index in [1.165, 1.54) is 29.7 Å². The van der Waals surface area contributed by atoms with Crippen LogP contribution in [0.3, 0.4) is 0 Å². The van der Waals surface area contributed by atoms with Gasteiger partial charge in [-0.15, -0.1) is 6.42 Å². The van der Waals surface area contributed by atoms with Crippen molar-refractivity contribution in [1.82, 2.24) is 9.88 Å². The predicted octanol–water partition coefficient (Wildman–Crippen LogP) is 2.02. The Labute approximate surface area is 174 Å². The third kappa shape index (κ3) is 4.26. The molecule has 158 valence electrons. The van der Waals surface area contributed by atoms with Crippen molar-refractivity contribution < 1.29 is 23.9 Å². The molecule has 0 bridgehead atoms. The quantitative estimate of drug-likeness (QED) is 0.383. The lowest BCUT2D eigenvalue weighted by Crippen LogP contribution is -2.50. The SMILES string of the molecule is C#CC(C)(CO)NC(=O)C(=O)c1c(C)c(C(=O)Nc2ccc(F)c(C)c2)n(C)c1C. The first-order valence-electron chi connectivity index (χ1n) is 9.14. The number of Topliss-reactive ketones (excluding diaryl/α,β-unsaturated/α-hetero) is 1. The zero-order valence-electron chi connectivity index (χ0n) is 17.5. The summed E-state index contributed by atoms with van der Waals surface area (Å²) < 4.78 is 15.0. The maximum atomic E-state index is 13.5. The summed E-state index contributed by atoms with van der Waals surface area (Å²) >= 11 is 0. The van der Waals surface area contributed by atoms with Gasteiger partial charge in [0.25, 0.3) is 17.6 Å². The van der Waals surface area contributed by atoms with E-state index in [2.05, 4.69) is 16.6 Å². The highest BCUT2D eigenvalue weighted by molar-refractivity contribution is 6.43. The van der Waals surface area contributed by atoms with E-state index in [4.69, 9.17) is 6.42 Å². The lowest BCUT2D eigenvalue weighted by atomic mass is 10.0. The molecule has 2 aromatic rings. The van der Waals surface area contributed by atoms with E-state index in [0.717, 1.165) is 0 Å². The number of aryl methyl sites for hydroxylation is 1. The number of ketones is 1. The Morgan fingerprint density at radius 3 is 2.43 bits per heavy atom. The van der Waals surface area contributed by atoms with Gasteiger partial charge >= 0.3 is 0 Å². The fourth-order valence-corrected chi connectivity index (χ4v) is 3.09. The molecular formula is C22H24FN3O4. The van der Waals surface area contributed by atoms with Crippen LogP contribution in [-0.2, 0) is 11.8 Å². The molecule has 0 saturated heterocycles. The minimum Gasteiger partial charge on any atom is -0.393 e. The Hall–Kier alpha value is -3.44. The molecule has 0 fully saturated rings. The number of terminal acetylenes is 1. The number of halogens is 1. The van der Waals surface area contributed by atoms with E-state index in [1.54, 1.807) is 27.8 Å². The van der Waals surface area contributed by atoms with Crippen LogP contribution in [0.25, 0.3) is 0 Å². The van der Waals surface area contributed by atoms with Crippen molar-refractivity contribution in [1.29, 1.82) is 0 Å². The van der Waals surface area contributed by atoms with Crippen LogP contribution in [-0.4, -0.2) is 39.4 Å². The first-order chi connectivity index (χ1) is 14.0. The Morgan fingerprint density at radius 1 is 1.27 bits per heavy atom. The molecule has 1 aromatic heterocycles. The lowest BCUT2D eigenvalue weighted by Gasteiger charge is -2.21. The van der Waals surface area contributed by atoms with Crippen LogP contribution in [0.2, 0.25) is 0 Å². The third-order valence-electron chi connectivity index (χ3n) is 5.02. The first-order valence-corrected chi connectivity index (χ1v) is 9.14. The molecule has 0 saturated carbocycles. The van der Waals surface area contributed by atoms with Gasteiger partial charge in [0.05, 0.1) is 12.2 Å². The number of hydrogen-bond acceptors (Lipinski definition) is 4. The normalized spacial score (nSPS) is 12.6. The van der Waals surface area contributed by atoms with Crippen molar-refractivity contribution >= 4 is 23.3 Å². The molecule has 8 heteroatoms. The molecule has 1 unspecified atom stereocenters. The number of amides is 2. The summed E-state index contributed by atoms with van der Waals surface area (Å²) in [6.07, 6.45) is 5.31. The number of aliphatic hydroxyl groups excluding tert-OH is 1. The number of aromatic nitrogens is 1. The predicted molar refractivity (Wildman–Crippen MR) is 111 cm³/mol. The number of carbonyl (C=O) groups excluding carboxylic acids is 3. The van der Waals surface area contributed by atoms with E-state index >= 15 is 0 Å². The summed E-state index contributed by atoms with van der Waals surface area (Å²) in [6, 6.07) is 4.17. The molecule has 3 N–H and O–H groups in total. The fourth-order valence-electron chi connectivity index (χ4n) is 3.09. The molecule has 0 spiro atoms. The van der Waals surface area contributed by atoms with Gasteiger partial charge in [0.1, 0.15) is 17.1 Å². The van der Waals surface area contributed by atoms with Gasteiger partial charge in [-0.25, -0.2) is 4.39 Å². The van der Waals surface area contributed by atoms with E-state index in [0.29, 0.717) is 22.5 Å². The molecular weight excluding hydrogens is 389 g/mol. The van der Waals surface area contributed by atoms with Crippen LogP contribution < -0.4 is 10.6 Å². The highest BCUT2D eigenvalue weighted by Gasteiger charge is 2.32. The Kier molecular flexibility index (Phi) is 6.48. The Morgan fingerprint density at radius 2 is 1.90 bits per heavy atom. The van der Waals surface area contributed by atoms with Crippen molar-refractivity contribution in [2.24, 2.45) is 7.05 Å². The highest BCUT2D eigenvalue weighted by Crippen LogP contribution is 2.24. The van der Waals surface area contributed by atoms with Gasteiger partial charge in [-0.1, -0.05) is 5.92 Å². The van der Waals surface area contributed by atoms with Gasteiger partial charge in [0.15, 0.2) is 0 Å². The summed E-state index contributed by atoms with van der Waals surface area (Å²) in [5, 5.41) is 14.4. The summed E-state index contributed by atoms with van der Waals surface area (Å²) in [5.74, 6) is -0.513. The number of hydrogen-bond donors (Lipinski definition) is 3. The molecule has 2 amide bonds. The van der Waals surface area contributed by atoms with Crippen LogP contribution in [0.4, 0.5) is 10.1 Å². The number of nitrogens with zero attached hydrogens (tertiary/aromatic N) is 1. The number of benzene rings is 1. The fraction of sp³-hybridized carbons (Fsp3) is 0.318. The Balaban J connectivity index is 2.37. The molecule has 1 heterocycles. The van der Waals surface area contributed by atoms with Crippen molar-refractivity contribution in [3.8, 4) is 12.3 Å². The van der Waals surface area contributed by atoms with Crippen LogP contribution in [0.5, 0.6) is 0 Å². The molecule has 1 atom stereocenters. The first kappa shape index (κ1) is 22.8. The number of nitrogens with one attached hydrogen (secondary N) is 2. The van der Waals surface area contributed by atoms with Crippen LogP contribution in [0.1, 0.15) is 44.6 Å². The zero-order valence-corrected chi connectivity index (χ0v) is 17.5. The van der Waals surface area contributed by atoms with E-state index in [9.17, 15) is 23.9 Å². The van der Waals surface area contributed by atoms with Crippen LogP contribution in [0.15, 0.2) is 18.2 Å². The van der Waals surface area contributed by atoms with Crippen molar-refractivity contribution in [2.45, 2.75) is 33.2 Å². The maximum Gasteiger partial charge on any atom is 0.293 e. The minimum absolute atomic E-state index is 0.0766. The van der Waals surface area contributed by atoms with Gasteiger partial charge in [0.2, 0.25) is 0 Å². The average molecular weight is 413 g/mol. The van der Waals surface area contributed by atoms with E-state index in [1.807, 2.05) is 0 Å². The largest absolute Gasteiger partial charge is 0.393 e. The summed E-state index contributed by atoms with van der Waals surface area (Å²) in [4.78, 5) is 38.0. The van der Waals surface area contributed by atoms with Gasteiger partial charge in [0, 0.05) is 18.4 Å². The third-order valence-corrected chi connectivity index (χ3v) is 5.02. The minimum atomic E-state index is -1.38. The van der Waals surface area contributed by atoms with Gasteiger partial charge in [-0.3, -0.25) is 14.4 Å². The van der Waals surface area contributed by atoms with Crippen molar-refractivity contribution in [2.75, 3.05) is 11.9 Å². The number of anilines is 1.